The van der Waals surface area contributed by atoms with Crippen molar-refractivity contribution in [1.82, 2.24) is 5.43 Å². The average Bonchev–Trinajstić information content (AvgIpc) is 3.00. The third-order valence-corrected chi connectivity index (χ3v) is 8.61. The van der Waals surface area contributed by atoms with Crippen molar-refractivity contribution >= 4 is 50.2 Å². The number of anilines is 1. The van der Waals surface area contributed by atoms with Crippen LogP contribution in [-0.2, 0) is 21.4 Å². The first-order valence-electron chi connectivity index (χ1n) is 13.2. The first-order valence-corrected chi connectivity index (χ1v) is 15.0. The molecule has 0 atom stereocenters. The van der Waals surface area contributed by atoms with E-state index < -0.39 is 22.5 Å². The number of nitrogens with zero attached hydrogens (tertiary/aromatic N) is 2. The topological polar surface area (TPSA) is 88.1 Å². The lowest BCUT2D eigenvalue weighted by Gasteiger charge is -2.24. The maximum Gasteiger partial charge on any atom is 0.264 e. The maximum atomic E-state index is 13.5. The van der Waals surface area contributed by atoms with E-state index in [1.165, 1.54) is 23.7 Å². The van der Waals surface area contributed by atoms with Gasteiger partial charge in [-0.25, -0.2) is 13.8 Å². The number of aryl methyl sites for hydroxylation is 1. The fourth-order valence-corrected chi connectivity index (χ4v) is 6.01. The molecule has 0 spiro atoms. The molecule has 9 heteroatoms. The van der Waals surface area contributed by atoms with Gasteiger partial charge in [0.25, 0.3) is 15.9 Å². The minimum absolute atomic E-state index is 0.0484. The number of carbonyl (C=O) groups excluding carboxylic acids is 1. The van der Waals surface area contributed by atoms with Gasteiger partial charge in [0.05, 0.1) is 21.8 Å². The molecule has 0 aliphatic rings. The van der Waals surface area contributed by atoms with E-state index in [0.29, 0.717) is 12.4 Å². The van der Waals surface area contributed by atoms with Gasteiger partial charge in [-0.05, 0) is 83.4 Å². The summed E-state index contributed by atoms with van der Waals surface area (Å²) >= 11 is 6.32. The summed E-state index contributed by atoms with van der Waals surface area (Å²) in [5, 5.41) is 6.55. The Morgan fingerprint density at radius 1 is 0.881 bits per heavy atom. The number of nitrogens with one attached hydrogen (secondary N) is 1. The summed E-state index contributed by atoms with van der Waals surface area (Å²) < 4.78 is 33.9. The summed E-state index contributed by atoms with van der Waals surface area (Å²) in [6.45, 7) is 1.78. The highest BCUT2D eigenvalue weighted by atomic mass is 35.5. The smallest absolute Gasteiger partial charge is 0.264 e. The zero-order valence-electron chi connectivity index (χ0n) is 22.8. The molecule has 0 aliphatic carbocycles. The van der Waals surface area contributed by atoms with Crippen molar-refractivity contribution in [2.24, 2.45) is 5.10 Å². The van der Waals surface area contributed by atoms with Crippen molar-refractivity contribution in [3.63, 3.8) is 0 Å². The fraction of sp³-hybridized carbons (Fsp3) is 0.0909. The zero-order chi connectivity index (χ0) is 29.5. The van der Waals surface area contributed by atoms with Crippen LogP contribution >= 0.6 is 11.6 Å². The van der Waals surface area contributed by atoms with Gasteiger partial charge in [0.2, 0.25) is 0 Å². The van der Waals surface area contributed by atoms with Crippen LogP contribution in [0.1, 0.15) is 16.7 Å². The van der Waals surface area contributed by atoms with Gasteiger partial charge < -0.3 is 4.74 Å². The number of hydrogen-bond acceptors (Lipinski definition) is 5. The number of carbonyl (C=O) groups is 1. The van der Waals surface area contributed by atoms with Crippen LogP contribution in [0, 0.1) is 6.92 Å². The highest BCUT2D eigenvalue weighted by molar-refractivity contribution is 7.92. The van der Waals surface area contributed by atoms with Crippen molar-refractivity contribution in [3.8, 4) is 5.75 Å². The quantitative estimate of drug-likeness (QED) is 0.143. The number of halogens is 1. The zero-order valence-corrected chi connectivity index (χ0v) is 24.3. The third kappa shape index (κ3) is 6.97. The maximum absolute atomic E-state index is 13.5. The van der Waals surface area contributed by atoms with E-state index in [4.69, 9.17) is 16.3 Å². The number of hydrogen-bond donors (Lipinski definition) is 1. The number of amides is 1. The van der Waals surface area contributed by atoms with Crippen LogP contribution in [0.25, 0.3) is 10.8 Å². The van der Waals surface area contributed by atoms with Gasteiger partial charge >= 0.3 is 0 Å². The van der Waals surface area contributed by atoms with Crippen molar-refractivity contribution in [2.45, 2.75) is 18.4 Å². The predicted molar refractivity (Wildman–Crippen MR) is 168 cm³/mol. The van der Waals surface area contributed by atoms with E-state index in [1.54, 1.807) is 36.4 Å². The largest absolute Gasteiger partial charge is 0.489 e. The Bertz CT molecular complexity index is 1840. The predicted octanol–water partition coefficient (Wildman–Crippen LogP) is 6.73. The Labute approximate surface area is 250 Å². The Morgan fingerprint density at radius 2 is 1.57 bits per heavy atom. The van der Waals surface area contributed by atoms with Gasteiger partial charge in [0.1, 0.15) is 18.9 Å². The summed E-state index contributed by atoms with van der Waals surface area (Å²) in [4.78, 5) is 12.9. The first kappa shape index (κ1) is 28.9. The van der Waals surface area contributed by atoms with E-state index in [0.717, 1.165) is 26.4 Å². The second kappa shape index (κ2) is 12.9. The van der Waals surface area contributed by atoms with E-state index in [9.17, 15) is 13.2 Å². The highest BCUT2D eigenvalue weighted by Gasteiger charge is 2.28. The summed E-state index contributed by atoms with van der Waals surface area (Å²) in [5.41, 5.74) is 5.31. The second-order valence-electron chi connectivity index (χ2n) is 9.61. The average molecular weight is 598 g/mol. The fourth-order valence-electron chi connectivity index (χ4n) is 4.28. The van der Waals surface area contributed by atoms with Crippen LogP contribution < -0.4 is 14.5 Å². The Balaban J connectivity index is 1.21. The number of hydrazone groups is 1. The summed E-state index contributed by atoms with van der Waals surface area (Å²) in [6.07, 6.45) is 1.47. The number of ether oxygens (including phenoxy) is 1. The SMILES string of the molecule is Cc1ccc(S(=O)(=O)N(CC(=O)N/N=C\c2ccc(OCc3ccc4ccccc4c3)cc2)c2ccccc2Cl)cc1. The molecule has 0 saturated carbocycles. The van der Waals surface area contributed by atoms with E-state index in [-0.39, 0.29) is 15.6 Å². The lowest BCUT2D eigenvalue weighted by Crippen LogP contribution is -2.39. The van der Waals surface area contributed by atoms with Gasteiger partial charge in [-0.2, -0.15) is 5.10 Å². The number of sulfonamides is 1. The number of para-hydroxylation sites is 1. The van der Waals surface area contributed by atoms with E-state index in [2.05, 4.69) is 34.8 Å². The van der Waals surface area contributed by atoms with Gasteiger partial charge in [-0.15, -0.1) is 0 Å². The molecule has 0 bridgehead atoms. The Kier molecular flexibility index (Phi) is 8.85. The second-order valence-corrected chi connectivity index (χ2v) is 11.9. The number of rotatable bonds is 10. The monoisotopic (exact) mass is 597 g/mol. The Hall–Kier alpha value is -4.66. The van der Waals surface area contributed by atoms with Crippen LogP contribution in [0.15, 0.2) is 125 Å². The molecule has 0 unspecified atom stereocenters. The van der Waals surface area contributed by atoms with Crippen molar-refractivity contribution < 1.29 is 17.9 Å². The third-order valence-electron chi connectivity index (χ3n) is 6.52. The molecule has 1 N–H and O–H groups in total. The minimum atomic E-state index is -4.08. The Morgan fingerprint density at radius 3 is 2.31 bits per heavy atom. The van der Waals surface area contributed by atoms with Crippen LogP contribution in [-0.4, -0.2) is 27.1 Å². The molecule has 0 saturated heterocycles. The van der Waals surface area contributed by atoms with Gasteiger partial charge in [-0.1, -0.05) is 77.8 Å². The summed E-state index contributed by atoms with van der Waals surface area (Å²) in [7, 11) is -4.08. The van der Waals surface area contributed by atoms with E-state index in [1.807, 2.05) is 49.4 Å². The minimum Gasteiger partial charge on any atom is -0.489 e. The molecule has 0 heterocycles. The molecule has 7 nitrogen and oxygen atoms in total. The molecule has 0 radical (unpaired) electrons. The summed E-state index contributed by atoms with van der Waals surface area (Å²) in [6, 6.07) is 34.5. The lowest BCUT2D eigenvalue weighted by molar-refractivity contribution is -0.119. The lowest BCUT2D eigenvalue weighted by atomic mass is 10.1. The highest BCUT2D eigenvalue weighted by Crippen LogP contribution is 2.30. The van der Waals surface area contributed by atoms with Crippen LogP contribution in [0.4, 0.5) is 5.69 Å². The standard InChI is InChI=1S/C33H28ClN3O4S/c1-24-10-18-30(19-11-24)42(39,40)37(32-9-5-4-8-31(32)34)22-33(38)36-35-21-25-13-16-29(17-14-25)41-23-26-12-15-27-6-2-3-7-28(27)20-26/h2-21H,22-23H2,1H3,(H,36,38)/b35-21-. The van der Waals surface area contributed by atoms with Gasteiger partial charge in [0.15, 0.2) is 0 Å². The van der Waals surface area contributed by atoms with Crippen LogP contribution in [0.5, 0.6) is 5.75 Å². The van der Waals surface area contributed by atoms with E-state index >= 15 is 0 Å². The van der Waals surface area contributed by atoms with Crippen LogP contribution in [0.2, 0.25) is 5.02 Å². The molecule has 212 valence electrons. The first-order chi connectivity index (χ1) is 20.3. The molecule has 0 fully saturated rings. The van der Waals surface area contributed by atoms with Crippen molar-refractivity contribution in [3.05, 3.63) is 137 Å². The molecule has 5 aromatic carbocycles. The molecule has 5 aromatic rings. The van der Waals surface area contributed by atoms with Crippen LogP contribution in [0.3, 0.4) is 0 Å². The molecule has 5 rings (SSSR count). The molecule has 0 aromatic heterocycles. The molecular weight excluding hydrogens is 570 g/mol. The van der Waals surface area contributed by atoms with Gasteiger partial charge in [-0.3, -0.25) is 9.10 Å². The van der Waals surface area contributed by atoms with Crippen molar-refractivity contribution in [2.75, 3.05) is 10.8 Å². The normalized spacial score (nSPS) is 11.5. The molecule has 0 aliphatic heterocycles. The molecule has 42 heavy (non-hydrogen) atoms. The number of fused-ring (bicyclic) bond motifs is 1. The molecular formula is C33H28ClN3O4S. The van der Waals surface area contributed by atoms with Crippen molar-refractivity contribution in [1.29, 1.82) is 0 Å². The molecule has 1 amide bonds. The number of benzene rings is 5. The summed E-state index contributed by atoms with van der Waals surface area (Å²) in [5.74, 6) is 0.0678. The van der Waals surface area contributed by atoms with Gasteiger partial charge in [0, 0.05) is 0 Å².